The Kier molecular flexibility index (Phi) is 6.45. The van der Waals surface area contributed by atoms with E-state index in [0.717, 1.165) is 5.56 Å². The molecule has 24 heavy (non-hydrogen) atoms. The molecule has 6 nitrogen and oxygen atoms in total. The van der Waals surface area contributed by atoms with Crippen LogP contribution in [0.3, 0.4) is 0 Å². The molecule has 1 atom stereocenters. The van der Waals surface area contributed by atoms with Gasteiger partial charge in [-0.3, -0.25) is 4.79 Å². The van der Waals surface area contributed by atoms with Gasteiger partial charge in [0.05, 0.1) is 27.4 Å². The minimum absolute atomic E-state index is 0.272. The van der Waals surface area contributed by atoms with E-state index in [0.29, 0.717) is 35.8 Å². The number of methoxy groups -OCH3 is 3. The molecule has 0 spiro atoms. The van der Waals surface area contributed by atoms with Crippen molar-refractivity contribution >= 4 is 17.2 Å². The SMILES string of the molecule is COc1cc(C(=O)NCCC(O)c2ccsc2)cc(OC)c1OC. The molecule has 2 rings (SSSR count). The predicted octanol–water partition coefficient (Wildman–Crippen LogP) is 2.63. The molecule has 1 heterocycles. The molecule has 2 N–H and O–H groups in total. The summed E-state index contributed by atoms with van der Waals surface area (Å²) >= 11 is 1.53. The summed E-state index contributed by atoms with van der Waals surface area (Å²) in [6.07, 6.45) is -0.149. The molecule has 0 bridgehead atoms. The first-order chi connectivity index (χ1) is 11.6. The number of ether oxygens (including phenoxy) is 3. The lowest BCUT2D eigenvalue weighted by molar-refractivity contribution is 0.0942. The summed E-state index contributed by atoms with van der Waals surface area (Å²) in [5.41, 5.74) is 1.26. The van der Waals surface area contributed by atoms with Gasteiger partial charge < -0.3 is 24.6 Å². The Morgan fingerprint density at radius 1 is 1.21 bits per heavy atom. The van der Waals surface area contributed by atoms with Gasteiger partial charge in [0.25, 0.3) is 5.91 Å². The third-order valence-electron chi connectivity index (χ3n) is 3.56. The molecule has 0 radical (unpaired) electrons. The molecule has 130 valence electrons. The van der Waals surface area contributed by atoms with Crippen LogP contribution in [0, 0.1) is 0 Å². The largest absolute Gasteiger partial charge is 0.493 e. The van der Waals surface area contributed by atoms with Crippen LogP contribution < -0.4 is 19.5 Å². The summed E-state index contributed by atoms with van der Waals surface area (Å²) in [5, 5.41) is 16.6. The lowest BCUT2D eigenvalue weighted by atomic mass is 10.1. The Morgan fingerprint density at radius 3 is 2.38 bits per heavy atom. The maximum absolute atomic E-state index is 12.3. The Balaban J connectivity index is 2.01. The third-order valence-corrected chi connectivity index (χ3v) is 4.26. The molecular weight excluding hydrogens is 330 g/mol. The van der Waals surface area contributed by atoms with Crippen molar-refractivity contribution in [2.24, 2.45) is 0 Å². The van der Waals surface area contributed by atoms with E-state index in [-0.39, 0.29) is 5.91 Å². The molecule has 0 fully saturated rings. The average molecular weight is 351 g/mol. The normalized spacial score (nSPS) is 11.7. The van der Waals surface area contributed by atoms with Gasteiger partial charge in [0.15, 0.2) is 11.5 Å². The Morgan fingerprint density at radius 2 is 1.88 bits per heavy atom. The zero-order valence-corrected chi connectivity index (χ0v) is 14.7. The highest BCUT2D eigenvalue weighted by Crippen LogP contribution is 2.38. The second-order valence-electron chi connectivity index (χ2n) is 5.03. The summed E-state index contributed by atoms with van der Waals surface area (Å²) in [4.78, 5) is 12.3. The third kappa shape index (κ3) is 4.18. The first-order valence-electron chi connectivity index (χ1n) is 7.39. The molecule has 1 unspecified atom stereocenters. The zero-order valence-electron chi connectivity index (χ0n) is 13.9. The number of thiophene rings is 1. The van der Waals surface area contributed by atoms with Gasteiger partial charge in [-0.05, 0) is 40.9 Å². The standard InChI is InChI=1S/C17H21NO5S/c1-21-14-8-12(9-15(22-2)16(14)23-3)17(20)18-6-4-13(19)11-5-7-24-10-11/h5,7-10,13,19H,4,6H2,1-3H3,(H,18,20). The first-order valence-corrected chi connectivity index (χ1v) is 8.33. The number of rotatable bonds is 8. The first kappa shape index (κ1) is 18.1. The second-order valence-corrected chi connectivity index (χ2v) is 5.81. The molecular formula is C17H21NO5S. The summed E-state index contributed by atoms with van der Waals surface area (Å²) in [5.74, 6) is 0.997. The van der Waals surface area contributed by atoms with Crippen molar-refractivity contribution in [3.8, 4) is 17.2 Å². The van der Waals surface area contributed by atoms with Crippen LogP contribution in [0.1, 0.15) is 28.4 Å². The number of carbonyl (C=O) groups is 1. The van der Waals surface area contributed by atoms with Crippen LogP contribution >= 0.6 is 11.3 Å². The van der Waals surface area contributed by atoms with Crippen LogP contribution in [0.5, 0.6) is 17.2 Å². The highest BCUT2D eigenvalue weighted by atomic mass is 32.1. The number of hydrogen-bond acceptors (Lipinski definition) is 6. The fourth-order valence-corrected chi connectivity index (χ4v) is 2.97. The smallest absolute Gasteiger partial charge is 0.251 e. The van der Waals surface area contributed by atoms with Gasteiger partial charge in [-0.1, -0.05) is 0 Å². The maximum Gasteiger partial charge on any atom is 0.251 e. The molecule has 7 heteroatoms. The molecule has 0 saturated heterocycles. The van der Waals surface area contributed by atoms with E-state index in [2.05, 4.69) is 5.32 Å². The number of amides is 1. The van der Waals surface area contributed by atoms with Crippen LogP contribution in [0.4, 0.5) is 0 Å². The molecule has 0 aliphatic carbocycles. The van der Waals surface area contributed by atoms with Crippen LogP contribution in [0.2, 0.25) is 0 Å². The predicted molar refractivity (Wildman–Crippen MR) is 92.3 cm³/mol. The van der Waals surface area contributed by atoms with E-state index < -0.39 is 6.10 Å². The minimum Gasteiger partial charge on any atom is -0.493 e. The number of aliphatic hydroxyl groups excluding tert-OH is 1. The Labute approximate surface area is 145 Å². The van der Waals surface area contributed by atoms with E-state index in [1.165, 1.54) is 32.7 Å². The Hall–Kier alpha value is -2.25. The molecule has 1 aromatic carbocycles. The Bertz CT molecular complexity index is 647. The van der Waals surface area contributed by atoms with Gasteiger partial charge in [0.1, 0.15) is 0 Å². The van der Waals surface area contributed by atoms with Crippen LogP contribution in [-0.4, -0.2) is 38.9 Å². The van der Waals surface area contributed by atoms with Crippen molar-refractivity contribution in [2.45, 2.75) is 12.5 Å². The van der Waals surface area contributed by atoms with Crippen molar-refractivity contribution in [2.75, 3.05) is 27.9 Å². The molecule has 1 amide bonds. The number of aliphatic hydroxyl groups is 1. The highest BCUT2D eigenvalue weighted by Gasteiger charge is 2.17. The van der Waals surface area contributed by atoms with E-state index in [4.69, 9.17) is 14.2 Å². The van der Waals surface area contributed by atoms with Crippen molar-refractivity contribution in [1.82, 2.24) is 5.32 Å². The van der Waals surface area contributed by atoms with Gasteiger partial charge in [0.2, 0.25) is 5.75 Å². The lowest BCUT2D eigenvalue weighted by Crippen LogP contribution is -2.25. The van der Waals surface area contributed by atoms with E-state index >= 15 is 0 Å². The molecule has 2 aromatic rings. The second kappa shape index (κ2) is 8.56. The van der Waals surface area contributed by atoms with Crippen molar-refractivity contribution in [3.05, 3.63) is 40.1 Å². The molecule has 0 aliphatic rings. The summed E-state index contributed by atoms with van der Waals surface area (Å²) in [7, 11) is 4.50. The monoisotopic (exact) mass is 351 g/mol. The van der Waals surface area contributed by atoms with E-state index in [9.17, 15) is 9.90 Å². The van der Waals surface area contributed by atoms with Gasteiger partial charge >= 0.3 is 0 Å². The maximum atomic E-state index is 12.3. The molecule has 0 saturated carbocycles. The van der Waals surface area contributed by atoms with Gasteiger partial charge in [-0.2, -0.15) is 11.3 Å². The quantitative estimate of drug-likeness (QED) is 0.764. The number of carbonyl (C=O) groups excluding carboxylic acids is 1. The number of nitrogens with one attached hydrogen (secondary N) is 1. The highest BCUT2D eigenvalue weighted by molar-refractivity contribution is 7.07. The van der Waals surface area contributed by atoms with Gasteiger partial charge in [-0.15, -0.1) is 0 Å². The van der Waals surface area contributed by atoms with Crippen molar-refractivity contribution in [3.63, 3.8) is 0 Å². The fourth-order valence-electron chi connectivity index (χ4n) is 2.27. The number of hydrogen-bond donors (Lipinski definition) is 2. The summed E-state index contributed by atoms with van der Waals surface area (Å²) in [6, 6.07) is 5.05. The van der Waals surface area contributed by atoms with Crippen molar-refractivity contribution in [1.29, 1.82) is 0 Å². The van der Waals surface area contributed by atoms with Crippen LogP contribution in [0.25, 0.3) is 0 Å². The van der Waals surface area contributed by atoms with Gasteiger partial charge in [0, 0.05) is 12.1 Å². The van der Waals surface area contributed by atoms with Crippen molar-refractivity contribution < 1.29 is 24.1 Å². The zero-order chi connectivity index (χ0) is 17.5. The number of benzene rings is 1. The molecule has 1 aromatic heterocycles. The topological polar surface area (TPSA) is 77.0 Å². The average Bonchev–Trinajstić information content (AvgIpc) is 3.14. The van der Waals surface area contributed by atoms with Crippen LogP contribution in [0.15, 0.2) is 29.0 Å². The summed E-state index contributed by atoms with van der Waals surface area (Å²) in [6.45, 7) is 0.354. The van der Waals surface area contributed by atoms with Crippen LogP contribution in [-0.2, 0) is 0 Å². The molecule has 0 aliphatic heterocycles. The fraction of sp³-hybridized carbons (Fsp3) is 0.353. The van der Waals surface area contributed by atoms with Gasteiger partial charge in [-0.25, -0.2) is 0 Å². The lowest BCUT2D eigenvalue weighted by Gasteiger charge is -2.14. The minimum atomic E-state index is -0.587. The summed E-state index contributed by atoms with van der Waals surface area (Å²) < 4.78 is 15.7. The van der Waals surface area contributed by atoms with E-state index in [1.807, 2.05) is 16.8 Å². The van der Waals surface area contributed by atoms with E-state index in [1.54, 1.807) is 12.1 Å².